The van der Waals surface area contributed by atoms with Gasteiger partial charge in [-0.2, -0.15) is 5.10 Å². The maximum atomic E-state index is 12.6. The number of aryl methyl sites for hydroxylation is 3. The first kappa shape index (κ1) is 17.1. The molecule has 27 heavy (non-hydrogen) atoms. The van der Waals surface area contributed by atoms with Gasteiger partial charge in [0.25, 0.3) is 5.91 Å². The van der Waals surface area contributed by atoms with E-state index in [9.17, 15) is 4.79 Å². The summed E-state index contributed by atoms with van der Waals surface area (Å²) in [5, 5.41) is 10.9. The van der Waals surface area contributed by atoms with E-state index in [1.165, 1.54) is 0 Å². The molecule has 1 aromatic carbocycles. The summed E-state index contributed by atoms with van der Waals surface area (Å²) in [4.78, 5) is 16.9. The van der Waals surface area contributed by atoms with Crippen LogP contribution in [-0.4, -0.2) is 27.6 Å². The lowest BCUT2D eigenvalue weighted by atomic mass is 10.0. The number of benzene rings is 1. The second kappa shape index (κ2) is 6.75. The highest BCUT2D eigenvalue weighted by atomic mass is 16.3. The van der Waals surface area contributed by atoms with E-state index in [-0.39, 0.29) is 5.91 Å². The molecular weight excluding hydrogens is 344 g/mol. The molecule has 4 aromatic rings. The van der Waals surface area contributed by atoms with Gasteiger partial charge >= 0.3 is 0 Å². The molecule has 0 radical (unpaired) electrons. The number of fused-ring (bicyclic) bond motifs is 1. The van der Waals surface area contributed by atoms with E-state index in [0.717, 1.165) is 27.7 Å². The standard InChI is InChI=1S/C20H20N4O3/c1-11-6-7-12(2)17-16(11)13(3)18(27-17)20(25)21-9-8-15-22-19(24-23-15)14-5-4-10-26-14/h4-7,10H,8-9H2,1-3H3,(H,21,25)(H,22,23,24). The van der Waals surface area contributed by atoms with Crippen molar-refractivity contribution in [1.29, 1.82) is 0 Å². The maximum Gasteiger partial charge on any atom is 0.287 e. The summed E-state index contributed by atoms with van der Waals surface area (Å²) >= 11 is 0. The van der Waals surface area contributed by atoms with Gasteiger partial charge in [0.05, 0.1) is 6.26 Å². The second-order valence-electron chi connectivity index (χ2n) is 6.55. The van der Waals surface area contributed by atoms with E-state index < -0.39 is 0 Å². The minimum Gasteiger partial charge on any atom is -0.461 e. The molecule has 0 unspecified atom stereocenters. The van der Waals surface area contributed by atoms with Crippen molar-refractivity contribution in [2.24, 2.45) is 0 Å². The topological polar surface area (TPSA) is 97.0 Å². The molecule has 2 N–H and O–H groups in total. The Morgan fingerprint density at radius 1 is 1.19 bits per heavy atom. The number of hydrogen-bond donors (Lipinski definition) is 2. The molecule has 3 heterocycles. The van der Waals surface area contributed by atoms with Crippen LogP contribution in [0.3, 0.4) is 0 Å². The van der Waals surface area contributed by atoms with E-state index >= 15 is 0 Å². The Labute approximate surface area is 155 Å². The van der Waals surface area contributed by atoms with Crippen molar-refractivity contribution in [3.8, 4) is 11.6 Å². The van der Waals surface area contributed by atoms with Crippen LogP contribution in [0.25, 0.3) is 22.6 Å². The fourth-order valence-electron chi connectivity index (χ4n) is 3.19. The Bertz CT molecular complexity index is 1110. The number of aromatic amines is 1. The highest BCUT2D eigenvalue weighted by Crippen LogP contribution is 2.30. The average Bonchev–Trinajstić information content (AvgIpc) is 3.38. The third-order valence-electron chi connectivity index (χ3n) is 4.61. The van der Waals surface area contributed by atoms with Gasteiger partial charge in [0.1, 0.15) is 11.4 Å². The van der Waals surface area contributed by atoms with E-state index in [2.05, 4.69) is 20.5 Å². The Morgan fingerprint density at radius 3 is 2.74 bits per heavy atom. The van der Waals surface area contributed by atoms with Crippen LogP contribution in [0.2, 0.25) is 0 Å². The number of rotatable bonds is 5. The number of carbonyl (C=O) groups is 1. The van der Waals surface area contributed by atoms with Crippen molar-refractivity contribution < 1.29 is 13.6 Å². The zero-order valence-corrected chi connectivity index (χ0v) is 15.4. The van der Waals surface area contributed by atoms with Crippen LogP contribution in [0.5, 0.6) is 0 Å². The molecule has 3 aromatic heterocycles. The molecule has 0 bridgehead atoms. The third kappa shape index (κ3) is 3.12. The van der Waals surface area contributed by atoms with Crippen LogP contribution in [0.1, 0.15) is 33.1 Å². The number of hydrogen-bond acceptors (Lipinski definition) is 5. The summed E-state index contributed by atoms with van der Waals surface area (Å²) in [6.45, 7) is 6.33. The van der Waals surface area contributed by atoms with Crippen LogP contribution in [0.15, 0.2) is 39.4 Å². The molecule has 0 atom stereocenters. The second-order valence-corrected chi connectivity index (χ2v) is 6.55. The van der Waals surface area contributed by atoms with Crippen LogP contribution in [0.4, 0.5) is 0 Å². The SMILES string of the molecule is Cc1ccc(C)c2c(C)c(C(=O)NCCc3nc(-c4ccco4)n[nH]3)oc12. The van der Waals surface area contributed by atoms with Gasteiger partial charge in [-0.1, -0.05) is 12.1 Å². The lowest BCUT2D eigenvalue weighted by Gasteiger charge is -2.02. The molecule has 7 nitrogen and oxygen atoms in total. The van der Waals surface area contributed by atoms with E-state index in [1.807, 2.05) is 32.9 Å². The molecular formula is C20H20N4O3. The molecule has 0 aliphatic rings. The summed E-state index contributed by atoms with van der Waals surface area (Å²) in [5.41, 5.74) is 3.76. The minimum atomic E-state index is -0.228. The van der Waals surface area contributed by atoms with Gasteiger partial charge in [0.15, 0.2) is 11.5 Å². The van der Waals surface area contributed by atoms with Crippen LogP contribution in [-0.2, 0) is 6.42 Å². The molecule has 138 valence electrons. The molecule has 0 fully saturated rings. The van der Waals surface area contributed by atoms with Crippen LogP contribution >= 0.6 is 0 Å². The summed E-state index contributed by atoms with van der Waals surface area (Å²) in [7, 11) is 0. The fraction of sp³-hybridized carbons (Fsp3) is 0.250. The Balaban J connectivity index is 1.44. The van der Waals surface area contributed by atoms with Gasteiger partial charge < -0.3 is 14.2 Å². The smallest absolute Gasteiger partial charge is 0.287 e. The van der Waals surface area contributed by atoms with Crippen molar-refractivity contribution >= 4 is 16.9 Å². The number of aromatic nitrogens is 3. The average molecular weight is 364 g/mol. The number of carbonyl (C=O) groups excluding carboxylic acids is 1. The van der Waals surface area contributed by atoms with Crippen molar-refractivity contribution in [2.75, 3.05) is 6.54 Å². The van der Waals surface area contributed by atoms with Gasteiger partial charge in [0, 0.05) is 23.9 Å². The largest absolute Gasteiger partial charge is 0.461 e. The lowest BCUT2D eigenvalue weighted by Crippen LogP contribution is -2.26. The fourth-order valence-corrected chi connectivity index (χ4v) is 3.19. The summed E-state index contributed by atoms with van der Waals surface area (Å²) in [6.07, 6.45) is 2.10. The first-order valence-electron chi connectivity index (χ1n) is 8.77. The molecule has 0 aliphatic heterocycles. The zero-order valence-electron chi connectivity index (χ0n) is 15.4. The monoisotopic (exact) mass is 364 g/mol. The van der Waals surface area contributed by atoms with E-state index in [4.69, 9.17) is 8.83 Å². The van der Waals surface area contributed by atoms with Crippen molar-refractivity contribution in [2.45, 2.75) is 27.2 Å². The first-order valence-corrected chi connectivity index (χ1v) is 8.77. The summed E-state index contributed by atoms with van der Waals surface area (Å²) in [6, 6.07) is 7.62. The van der Waals surface area contributed by atoms with Gasteiger partial charge in [0.2, 0.25) is 5.82 Å². The van der Waals surface area contributed by atoms with Gasteiger partial charge in [-0.05, 0) is 44.0 Å². The maximum absolute atomic E-state index is 12.6. The number of nitrogens with one attached hydrogen (secondary N) is 2. The van der Waals surface area contributed by atoms with E-state index in [1.54, 1.807) is 18.4 Å². The minimum absolute atomic E-state index is 0.228. The van der Waals surface area contributed by atoms with Crippen LogP contribution in [0, 0.1) is 20.8 Å². The van der Waals surface area contributed by atoms with Crippen molar-refractivity contribution in [3.05, 3.63) is 58.8 Å². The van der Waals surface area contributed by atoms with E-state index in [0.29, 0.717) is 36.1 Å². The molecule has 1 amide bonds. The zero-order chi connectivity index (χ0) is 19.0. The van der Waals surface area contributed by atoms with Crippen molar-refractivity contribution in [3.63, 3.8) is 0 Å². The molecule has 4 rings (SSSR count). The highest BCUT2D eigenvalue weighted by Gasteiger charge is 2.19. The predicted molar refractivity (Wildman–Crippen MR) is 101 cm³/mol. The van der Waals surface area contributed by atoms with Gasteiger partial charge in [-0.3, -0.25) is 9.89 Å². The number of nitrogens with zero attached hydrogens (tertiary/aromatic N) is 2. The molecule has 0 aliphatic carbocycles. The van der Waals surface area contributed by atoms with Gasteiger partial charge in [-0.15, -0.1) is 0 Å². The van der Waals surface area contributed by atoms with Gasteiger partial charge in [-0.25, -0.2) is 4.98 Å². The number of H-pyrrole nitrogens is 1. The summed E-state index contributed by atoms with van der Waals surface area (Å²) < 4.78 is 11.1. The normalized spacial score (nSPS) is 11.2. The highest BCUT2D eigenvalue weighted by molar-refractivity contribution is 6.00. The molecule has 0 saturated carbocycles. The molecule has 7 heteroatoms. The number of amides is 1. The quantitative estimate of drug-likeness (QED) is 0.563. The van der Waals surface area contributed by atoms with Crippen molar-refractivity contribution in [1.82, 2.24) is 20.5 Å². The third-order valence-corrected chi connectivity index (χ3v) is 4.61. The first-order chi connectivity index (χ1) is 13.0. The van der Waals surface area contributed by atoms with Crippen LogP contribution < -0.4 is 5.32 Å². The molecule has 0 spiro atoms. The molecule has 0 saturated heterocycles. The summed E-state index contributed by atoms with van der Waals surface area (Å²) in [5.74, 6) is 1.91. The lowest BCUT2D eigenvalue weighted by molar-refractivity contribution is 0.0927. The Kier molecular flexibility index (Phi) is 4.27. The Hall–Kier alpha value is -3.35. The predicted octanol–water partition coefficient (Wildman–Crippen LogP) is 3.71. The Morgan fingerprint density at radius 2 is 2.00 bits per heavy atom. The number of furan rings is 2.